The molecule has 2 N–H and O–H groups in total. The second-order valence-electron chi connectivity index (χ2n) is 2.28. The minimum atomic E-state index is -5.84. The topological polar surface area (TPSA) is 110 Å². The Bertz CT molecular complexity index is 364. The lowest BCUT2D eigenvalue weighted by Gasteiger charge is -2.12. The van der Waals surface area contributed by atoms with Gasteiger partial charge >= 0.3 is 27.2 Å². The predicted octanol–water partition coefficient (Wildman–Crippen LogP) is -0.896. The molecule has 0 heterocycles. The molecule has 0 saturated heterocycles. The molecule has 0 aliphatic carbocycles. The summed E-state index contributed by atoms with van der Waals surface area (Å²) < 4.78 is 57.0. The van der Waals surface area contributed by atoms with E-state index in [-0.39, 0.29) is 0 Å². The summed E-state index contributed by atoms with van der Waals surface area (Å²) in [5.74, 6) is -3.14. The average molecular weight is 247 g/mol. The molecular weight excluding hydrogens is 240 g/mol. The SMILES string of the molecule is CC(=O)OCNC(=O)C(F)(F)S(=O)(=O)O. The van der Waals surface area contributed by atoms with Gasteiger partial charge in [0.2, 0.25) is 0 Å². The summed E-state index contributed by atoms with van der Waals surface area (Å²) in [6.45, 7) is 0.0341. The van der Waals surface area contributed by atoms with Gasteiger partial charge < -0.3 is 10.1 Å². The number of carbonyl (C=O) groups is 2. The summed E-state index contributed by atoms with van der Waals surface area (Å²) in [5.41, 5.74) is 0. The molecule has 0 bridgehead atoms. The molecule has 88 valence electrons. The standard InChI is InChI=1S/C5H7F2NO6S/c1-3(9)14-2-8-4(10)5(6,7)15(11,12)13/h2H2,1H3,(H,8,10)(H,11,12,13). The third-order valence-corrected chi connectivity index (χ3v) is 1.93. The van der Waals surface area contributed by atoms with Crippen molar-refractivity contribution in [1.29, 1.82) is 0 Å². The molecule has 0 rings (SSSR count). The van der Waals surface area contributed by atoms with Crippen LogP contribution in [0.2, 0.25) is 0 Å². The molecule has 1 amide bonds. The van der Waals surface area contributed by atoms with Gasteiger partial charge in [-0.3, -0.25) is 14.1 Å². The van der Waals surface area contributed by atoms with Crippen LogP contribution in [0.1, 0.15) is 6.92 Å². The minimum Gasteiger partial charge on any atom is -0.445 e. The van der Waals surface area contributed by atoms with E-state index in [1.165, 1.54) is 5.32 Å². The summed E-state index contributed by atoms with van der Waals surface area (Å²) in [5, 5.41) is -3.69. The van der Waals surface area contributed by atoms with Crippen LogP contribution in [0.25, 0.3) is 0 Å². The molecule has 0 fully saturated rings. The molecule has 0 spiro atoms. The van der Waals surface area contributed by atoms with Crippen molar-refractivity contribution >= 4 is 22.0 Å². The van der Waals surface area contributed by atoms with Crippen LogP contribution in [0.15, 0.2) is 0 Å². The van der Waals surface area contributed by atoms with E-state index < -0.39 is 34.0 Å². The van der Waals surface area contributed by atoms with Crippen molar-refractivity contribution in [1.82, 2.24) is 5.32 Å². The lowest BCUT2D eigenvalue weighted by molar-refractivity contribution is -0.145. The molecule has 0 aromatic carbocycles. The van der Waals surface area contributed by atoms with Crippen LogP contribution in [0, 0.1) is 0 Å². The van der Waals surface area contributed by atoms with E-state index in [0.29, 0.717) is 0 Å². The summed E-state index contributed by atoms with van der Waals surface area (Å²) in [7, 11) is -5.84. The highest BCUT2D eigenvalue weighted by Crippen LogP contribution is 2.20. The normalized spacial score (nSPS) is 12.0. The summed E-state index contributed by atoms with van der Waals surface area (Å²) >= 11 is 0. The lowest BCUT2D eigenvalue weighted by Crippen LogP contribution is -2.46. The molecule has 0 aliphatic heterocycles. The highest BCUT2D eigenvalue weighted by molar-refractivity contribution is 7.87. The Morgan fingerprint density at radius 3 is 2.27 bits per heavy atom. The molecular formula is C5H7F2NO6S. The summed E-state index contributed by atoms with van der Waals surface area (Å²) in [6.07, 6.45) is 0. The average Bonchev–Trinajstić information content (AvgIpc) is 2.01. The number of alkyl halides is 2. The van der Waals surface area contributed by atoms with Gasteiger partial charge in [0.05, 0.1) is 0 Å². The van der Waals surface area contributed by atoms with Gasteiger partial charge in [-0.2, -0.15) is 17.2 Å². The number of halogens is 2. The molecule has 15 heavy (non-hydrogen) atoms. The van der Waals surface area contributed by atoms with Crippen molar-refractivity contribution in [3.05, 3.63) is 0 Å². The number of hydrogen-bond donors (Lipinski definition) is 2. The molecule has 7 nitrogen and oxygen atoms in total. The van der Waals surface area contributed by atoms with Crippen LogP contribution in [0.4, 0.5) is 8.78 Å². The van der Waals surface area contributed by atoms with E-state index in [0.717, 1.165) is 6.92 Å². The Balaban J connectivity index is 4.41. The van der Waals surface area contributed by atoms with Crippen LogP contribution >= 0.6 is 0 Å². The third-order valence-electron chi connectivity index (χ3n) is 1.10. The zero-order valence-corrected chi connectivity index (χ0v) is 8.18. The van der Waals surface area contributed by atoms with E-state index in [1.807, 2.05) is 0 Å². The van der Waals surface area contributed by atoms with Crippen molar-refractivity contribution in [2.24, 2.45) is 0 Å². The van der Waals surface area contributed by atoms with E-state index in [2.05, 4.69) is 4.74 Å². The first-order valence-electron chi connectivity index (χ1n) is 3.35. The Hall–Kier alpha value is -1.29. The Kier molecular flexibility index (Phi) is 4.10. The number of amides is 1. The fraction of sp³-hybridized carbons (Fsp3) is 0.600. The number of hydrogen-bond acceptors (Lipinski definition) is 5. The zero-order chi connectivity index (χ0) is 12.3. The van der Waals surface area contributed by atoms with Gasteiger partial charge in [-0.25, -0.2) is 0 Å². The fourth-order valence-electron chi connectivity index (χ4n) is 0.423. The van der Waals surface area contributed by atoms with Gasteiger partial charge in [-0.05, 0) is 0 Å². The molecule has 0 aromatic rings. The van der Waals surface area contributed by atoms with Gasteiger partial charge in [0.1, 0.15) is 0 Å². The molecule has 0 atom stereocenters. The quantitative estimate of drug-likeness (QED) is 0.378. The maximum absolute atomic E-state index is 12.5. The van der Waals surface area contributed by atoms with Gasteiger partial charge in [0, 0.05) is 6.92 Å². The maximum Gasteiger partial charge on any atom is 0.446 e. The van der Waals surface area contributed by atoms with Gasteiger partial charge in [0.25, 0.3) is 0 Å². The Morgan fingerprint density at radius 1 is 1.47 bits per heavy atom. The van der Waals surface area contributed by atoms with Crippen LogP contribution in [0.3, 0.4) is 0 Å². The number of nitrogens with one attached hydrogen (secondary N) is 1. The monoisotopic (exact) mass is 247 g/mol. The highest BCUT2D eigenvalue weighted by Gasteiger charge is 2.52. The fourth-order valence-corrected chi connectivity index (χ4v) is 0.730. The van der Waals surface area contributed by atoms with Crippen LogP contribution in [0.5, 0.6) is 0 Å². The largest absolute Gasteiger partial charge is 0.446 e. The van der Waals surface area contributed by atoms with E-state index in [1.54, 1.807) is 0 Å². The van der Waals surface area contributed by atoms with Gasteiger partial charge in [-0.1, -0.05) is 0 Å². The van der Waals surface area contributed by atoms with Crippen LogP contribution in [-0.4, -0.2) is 36.8 Å². The number of ether oxygens (including phenoxy) is 1. The lowest BCUT2D eigenvalue weighted by atomic mass is 10.6. The van der Waals surface area contributed by atoms with Crippen LogP contribution in [-0.2, 0) is 24.4 Å². The molecule has 0 unspecified atom stereocenters. The molecule has 0 aromatic heterocycles. The van der Waals surface area contributed by atoms with Crippen molar-refractivity contribution in [3.63, 3.8) is 0 Å². The summed E-state index contributed by atoms with van der Waals surface area (Å²) in [6, 6.07) is 0. The van der Waals surface area contributed by atoms with E-state index in [9.17, 15) is 26.8 Å². The second-order valence-corrected chi connectivity index (χ2v) is 3.74. The van der Waals surface area contributed by atoms with Crippen molar-refractivity contribution in [2.75, 3.05) is 6.73 Å². The number of carbonyl (C=O) groups excluding carboxylic acids is 2. The molecule has 10 heteroatoms. The smallest absolute Gasteiger partial charge is 0.445 e. The van der Waals surface area contributed by atoms with E-state index in [4.69, 9.17) is 4.55 Å². The van der Waals surface area contributed by atoms with Crippen molar-refractivity contribution < 1.29 is 36.1 Å². The number of esters is 1. The minimum absolute atomic E-state index is 0.856. The summed E-state index contributed by atoms with van der Waals surface area (Å²) in [4.78, 5) is 20.6. The van der Waals surface area contributed by atoms with Gasteiger partial charge in [0.15, 0.2) is 6.73 Å². The van der Waals surface area contributed by atoms with E-state index >= 15 is 0 Å². The molecule has 0 saturated carbocycles. The van der Waals surface area contributed by atoms with Gasteiger partial charge in [-0.15, -0.1) is 0 Å². The predicted molar refractivity (Wildman–Crippen MR) is 41.3 cm³/mol. The zero-order valence-electron chi connectivity index (χ0n) is 7.36. The third kappa shape index (κ3) is 3.75. The van der Waals surface area contributed by atoms with Crippen molar-refractivity contribution in [2.45, 2.75) is 12.2 Å². The second kappa shape index (κ2) is 4.49. The highest BCUT2D eigenvalue weighted by atomic mass is 32.2. The Morgan fingerprint density at radius 2 is 1.93 bits per heavy atom. The Labute approximate surface area is 83.1 Å². The molecule has 0 radical (unpaired) electrons. The van der Waals surface area contributed by atoms with Crippen molar-refractivity contribution in [3.8, 4) is 0 Å². The first-order chi connectivity index (χ1) is 6.59. The number of rotatable bonds is 4. The maximum atomic E-state index is 12.5. The molecule has 0 aliphatic rings. The van der Waals surface area contributed by atoms with Crippen LogP contribution < -0.4 is 5.32 Å². The first-order valence-corrected chi connectivity index (χ1v) is 4.79. The first kappa shape index (κ1) is 13.7.